The summed E-state index contributed by atoms with van der Waals surface area (Å²) in [6.45, 7) is 4.66. The van der Waals surface area contributed by atoms with Crippen molar-refractivity contribution >= 4 is 12.3 Å². The molecule has 3 saturated carbocycles. The first-order valence-electron chi connectivity index (χ1n) is 11.8. The second-order valence-electron chi connectivity index (χ2n) is 10.2. The minimum absolute atomic E-state index is 0.0862. The van der Waals surface area contributed by atoms with E-state index in [1.54, 1.807) is 0 Å². The normalized spacial score (nSPS) is 37.1. The maximum Gasteiger partial charge on any atom is 0.511 e. The van der Waals surface area contributed by atoms with E-state index in [1.165, 1.54) is 19.8 Å². The van der Waals surface area contributed by atoms with Gasteiger partial charge in [0.25, 0.3) is 5.79 Å². The van der Waals surface area contributed by atoms with Crippen LogP contribution in [-0.2, 0) is 18.9 Å². The van der Waals surface area contributed by atoms with Crippen LogP contribution in [0, 0.1) is 28.6 Å². The van der Waals surface area contributed by atoms with E-state index in [0.29, 0.717) is 18.3 Å². The molecule has 0 heterocycles. The van der Waals surface area contributed by atoms with Gasteiger partial charge in [-0.1, -0.05) is 30.2 Å². The van der Waals surface area contributed by atoms with Crippen LogP contribution in [0.25, 0.3) is 0 Å². The topological polar surface area (TPSA) is 91.3 Å². The first-order chi connectivity index (χ1) is 15.3. The molecule has 32 heavy (non-hydrogen) atoms. The minimum atomic E-state index is -1.49. The third-order valence-electron chi connectivity index (χ3n) is 9.20. The van der Waals surface area contributed by atoms with Crippen LogP contribution in [0.15, 0.2) is 23.3 Å². The summed E-state index contributed by atoms with van der Waals surface area (Å²) in [4.78, 5) is 24.7. The number of carbonyl (C=O) groups excluding carboxylic acids is 2. The van der Waals surface area contributed by atoms with E-state index in [4.69, 9.17) is 18.9 Å². The molecule has 0 aromatic rings. The number of ether oxygens (including phenoxy) is 4. The Morgan fingerprint density at radius 1 is 1.00 bits per heavy atom. The number of methoxy groups -OCH3 is 2. The summed E-state index contributed by atoms with van der Waals surface area (Å²) in [5.74, 6) is -0.490. The lowest BCUT2D eigenvalue weighted by atomic mass is 9.49. The number of hydrogen-bond acceptors (Lipinski definition) is 7. The molecule has 0 bridgehead atoms. The minimum Gasteiger partial charge on any atom is -0.438 e. The van der Waals surface area contributed by atoms with Crippen molar-refractivity contribution in [1.82, 2.24) is 0 Å². The van der Waals surface area contributed by atoms with Crippen LogP contribution in [0.2, 0.25) is 0 Å². The number of aliphatic hydroxyl groups excluding tert-OH is 1. The van der Waals surface area contributed by atoms with E-state index in [2.05, 4.69) is 26.0 Å². The molecule has 7 nitrogen and oxygen atoms in total. The second-order valence-corrected chi connectivity index (χ2v) is 10.2. The fraction of sp³-hybridized carbons (Fsp3) is 0.760. The molecule has 0 unspecified atom stereocenters. The summed E-state index contributed by atoms with van der Waals surface area (Å²) in [7, 11) is 2.52. The van der Waals surface area contributed by atoms with Crippen molar-refractivity contribution in [3.8, 4) is 0 Å². The van der Waals surface area contributed by atoms with Gasteiger partial charge in [-0.25, -0.2) is 9.59 Å². The van der Waals surface area contributed by atoms with Crippen molar-refractivity contribution in [1.29, 1.82) is 0 Å². The maximum atomic E-state index is 12.3. The number of carbonyl (C=O) groups is 2. The molecule has 3 fully saturated rings. The van der Waals surface area contributed by atoms with Crippen LogP contribution in [-0.4, -0.2) is 44.0 Å². The summed E-state index contributed by atoms with van der Waals surface area (Å²) in [5.41, 5.74) is 1.95. The van der Waals surface area contributed by atoms with Crippen molar-refractivity contribution in [3.63, 3.8) is 0 Å². The van der Waals surface area contributed by atoms with E-state index >= 15 is 0 Å². The molecule has 0 aromatic heterocycles. The number of rotatable bonds is 4. The highest BCUT2D eigenvalue weighted by Gasteiger charge is 2.66. The fourth-order valence-corrected chi connectivity index (χ4v) is 7.49. The standard InChI is InChI=1S/C25H36O7/c1-23-14-11-20-18(19(23)10-8-16(23)12-15-26)9-7-17-6-5-13-25(24(17,20)2,31-21(27)29-3)32-22(28)30-4/h7,9,16,19-20,26H,5-6,8,10-15H2,1-4H3/t16-,19+,20+,23-,24+/m1/s1. The highest BCUT2D eigenvalue weighted by Crippen LogP contribution is 2.67. The number of allylic oxidation sites excluding steroid dienone is 3. The zero-order chi connectivity index (χ0) is 23.1. The van der Waals surface area contributed by atoms with Gasteiger partial charge in [-0.3, -0.25) is 0 Å². The van der Waals surface area contributed by atoms with Gasteiger partial charge in [0, 0.05) is 13.0 Å². The Labute approximate surface area is 190 Å². The van der Waals surface area contributed by atoms with Crippen LogP contribution in [0.4, 0.5) is 9.59 Å². The third-order valence-corrected chi connectivity index (χ3v) is 9.20. The van der Waals surface area contributed by atoms with E-state index in [1.807, 2.05) is 0 Å². The van der Waals surface area contributed by atoms with Gasteiger partial charge in [0.05, 0.1) is 19.6 Å². The van der Waals surface area contributed by atoms with E-state index in [-0.39, 0.29) is 17.9 Å². The molecular weight excluding hydrogens is 412 g/mol. The molecule has 0 aromatic carbocycles. The number of fused-ring (bicyclic) bond motifs is 5. The lowest BCUT2D eigenvalue weighted by Gasteiger charge is -2.59. The van der Waals surface area contributed by atoms with Crippen LogP contribution in [0.1, 0.15) is 65.2 Å². The summed E-state index contributed by atoms with van der Waals surface area (Å²) >= 11 is 0. The Morgan fingerprint density at radius 2 is 1.69 bits per heavy atom. The summed E-state index contributed by atoms with van der Waals surface area (Å²) < 4.78 is 21.3. The van der Waals surface area contributed by atoms with Crippen molar-refractivity contribution < 1.29 is 33.6 Å². The van der Waals surface area contributed by atoms with Crippen molar-refractivity contribution in [3.05, 3.63) is 23.3 Å². The zero-order valence-electron chi connectivity index (χ0n) is 19.6. The molecule has 178 valence electrons. The molecule has 0 amide bonds. The molecular formula is C25H36O7. The smallest absolute Gasteiger partial charge is 0.438 e. The number of hydrogen-bond donors (Lipinski definition) is 1. The fourth-order valence-electron chi connectivity index (χ4n) is 7.49. The molecule has 4 aliphatic rings. The van der Waals surface area contributed by atoms with E-state index < -0.39 is 23.5 Å². The van der Waals surface area contributed by atoms with Gasteiger partial charge in [0.1, 0.15) is 0 Å². The Bertz CT molecular complexity index is 812. The van der Waals surface area contributed by atoms with Gasteiger partial charge in [-0.05, 0) is 75.0 Å². The highest BCUT2D eigenvalue weighted by molar-refractivity contribution is 5.64. The van der Waals surface area contributed by atoms with Crippen molar-refractivity contribution in [2.45, 2.75) is 71.0 Å². The van der Waals surface area contributed by atoms with Crippen LogP contribution in [0.5, 0.6) is 0 Å². The lowest BCUT2D eigenvalue weighted by molar-refractivity contribution is -0.264. The SMILES string of the molecule is COC(=O)OC1(OC(=O)OC)CCCC2=CC=C3[C@@H]4CC[C@H](CCO)[C@@]4(C)CC[C@@H]3[C@]21C. The van der Waals surface area contributed by atoms with Crippen LogP contribution in [0.3, 0.4) is 0 Å². The van der Waals surface area contributed by atoms with E-state index in [9.17, 15) is 14.7 Å². The molecule has 5 atom stereocenters. The molecule has 4 rings (SSSR count). The Balaban J connectivity index is 1.77. The molecule has 4 aliphatic carbocycles. The van der Waals surface area contributed by atoms with Gasteiger partial charge in [0.2, 0.25) is 0 Å². The largest absolute Gasteiger partial charge is 0.511 e. The van der Waals surface area contributed by atoms with Gasteiger partial charge in [-0.15, -0.1) is 0 Å². The second kappa shape index (κ2) is 8.40. The lowest BCUT2D eigenvalue weighted by Crippen LogP contribution is -2.61. The van der Waals surface area contributed by atoms with Gasteiger partial charge in [0.15, 0.2) is 0 Å². The summed E-state index contributed by atoms with van der Waals surface area (Å²) in [6, 6.07) is 0. The first kappa shape index (κ1) is 23.1. The molecule has 0 spiro atoms. The number of aliphatic hydroxyl groups is 1. The average Bonchev–Trinajstić information content (AvgIpc) is 3.11. The third kappa shape index (κ3) is 3.27. The predicted molar refractivity (Wildman–Crippen MR) is 117 cm³/mol. The molecule has 0 saturated heterocycles. The predicted octanol–water partition coefficient (Wildman–Crippen LogP) is 5.13. The van der Waals surface area contributed by atoms with Gasteiger partial charge in [-0.2, -0.15) is 0 Å². The van der Waals surface area contributed by atoms with Crippen molar-refractivity contribution in [2.24, 2.45) is 28.6 Å². The van der Waals surface area contributed by atoms with E-state index in [0.717, 1.165) is 50.5 Å². The Kier molecular flexibility index (Phi) is 6.07. The molecule has 7 heteroatoms. The van der Waals surface area contributed by atoms with Gasteiger partial charge < -0.3 is 24.1 Å². The monoisotopic (exact) mass is 448 g/mol. The maximum absolute atomic E-state index is 12.3. The first-order valence-corrected chi connectivity index (χ1v) is 11.8. The molecule has 1 N–H and O–H groups in total. The quantitative estimate of drug-likeness (QED) is 0.471. The molecule has 0 radical (unpaired) electrons. The summed E-state index contributed by atoms with van der Waals surface area (Å²) in [6.07, 6.45) is 9.66. The molecule has 0 aliphatic heterocycles. The summed E-state index contributed by atoms with van der Waals surface area (Å²) in [5, 5.41) is 9.60. The van der Waals surface area contributed by atoms with Crippen LogP contribution >= 0.6 is 0 Å². The Hall–Kier alpha value is -2.02. The van der Waals surface area contributed by atoms with Crippen molar-refractivity contribution in [2.75, 3.05) is 20.8 Å². The van der Waals surface area contributed by atoms with Crippen LogP contribution < -0.4 is 0 Å². The van der Waals surface area contributed by atoms with Gasteiger partial charge >= 0.3 is 12.3 Å². The zero-order valence-corrected chi connectivity index (χ0v) is 19.6. The Morgan fingerprint density at radius 3 is 2.31 bits per heavy atom. The average molecular weight is 449 g/mol. The highest BCUT2D eigenvalue weighted by atomic mass is 16.8.